The van der Waals surface area contributed by atoms with Crippen molar-refractivity contribution < 1.29 is 28.4 Å². The molecule has 0 radical (unpaired) electrons. The van der Waals surface area contributed by atoms with Crippen molar-refractivity contribution in [3.05, 3.63) is 97.1 Å². The lowest BCUT2D eigenvalue weighted by molar-refractivity contribution is 0.300. The molecule has 2 aliphatic carbocycles. The molecule has 0 saturated carbocycles. The maximum Gasteiger partial charge on any atom is 0.137 e. The summed E-state index contributed by atoms with van der Waals surface area (Å²) in [6, 6.07) is 12.3. The molecule has 3 unspecified atom stereocenters. The second-order valence-corrected chi connectivity index (χ2v) is 12.4. The highest BCUT2D eigenvalue weighted by Gasteiger charge is 2.43. The summed E-state index contributed by atoms with van der Waals surface area (Å²) in [5, 5.41) is 0. The average molecular weight is 714 g/mol. The van der Waals surface area contributed by atoms with E-state index in [2.05, 4.69) is 69.1 Å². The van der Waals surface area contributed by atoms with Gasteiger partial charge in [-0.2, -0.15) is 0 Å². The minimum atomic E-state index is -0.0889. The Morgan fingerprint density at radius 1 is 0.721 bits per heavy atom. The van der Waals surface area contributed by atoms with Crippen molar-refractivity contribution >= 4 is 31.9 Å². The van der Waals surface area contributed by atoms with Crippen LogP contribution in [0.4, 0.5) is 0 Å². The maximum atomic E-state index is 6.13. The Kier molecular flexibility index (Phi) is 9.67. The van der Waals surface area contributed by atoms with Crippen LogP contribution in [0.2, 0.25) is 0 Å². The Labute approximate surface area is 271 Å². The van der Waals surface area contributed by atoms with Gasteiger partial charge in [-0.25, -0.2) is 0 Å². The van der Waals surface area contributed by atoms with Crippen LogP contribution in [-0.4, -0.2) is 42.7 Å². The van der Waals surface area contributed by atoms with Crippen molar-refractivity contribution in [2.75, 3.05) is 42.7 Å². The minimum Gasteiger partial charge on any atom is -0.497 e. The third-order valence-electron chi connectivity index (χ3n) is 8.91. The number of fused-ring (bicyclic) bond motifs is 1. The van der Waals surface area contributed by atoms with Crippen LogP contribution in [0, 0.1) is 5.92 Å². The highest BCUT2D eigenvalue weighted by Crippen LogP contribution is 2.59. The zero-order valence-corrected chi connectivity index (χ0v) is 28.8. The van der Waals surface area contributed by atoms with Crippen LogP contribution in [-0.2, 0) is 11.2 Å². The molecule has 0 N–H and O–H groups in total. The summed E-state index contributed by atoms with van der Waals surface area (Å²) < 4.78 is 36.8. The number of hydrogen-bond donors (Lipinski definition) is 0. The molecule has 0 aliphatic heterocycles. The van der Waals surface area contributed by atoms with Gasteiger partial charge in [-0.3, -0.25) is 0 Å². The van der Waals surface area contributed by atoms with E-state index in [1.54, 1.807) is 42.7 Å². The largest absolute Gasteiger partial charge is 0.497 e. The molecule has 43 heavy (non-hydrogen) atoms. The lowest BCUT2D eigenvalue weighted by Gasteiger charge is -2.32. The monoisotopic (exact) mass is 712 g/mol. The lowest BCUT2D eigenvalue weighted by atomic mass is 9.74. The molecular weight excluding hydrogens is 676 g/mol. The second kappa shape index (κ2) is 13.3. The van der Waals surface area contributed by atoms with Gasteiger partial charge in [0.15, 0.2) is 0 Å². The van der Waals surface area contributed by atoms with Gasteiger partial charge in [0.25, 0.3) is 0 Å². The molecule has 0 heterocycles. The Bertz CT molecular complexity index is 1550. The number of ether oxygens (including phenoxy) is 6. The molecule has 0 aromatic heterocycles. The first-order valence-corrected chi connectivity index (χ1v) is 15.8. The van der Waals surface area contributed by atoms with E-state index in [-0.39, 0.29) is 23.7 Å². The molecule has 228 valence electrons. The van der Waals surface area contributed by atoms with E-state index >= 15 is 0 Å². The van der Waals surface area contributed by atoms with Crippen molar-refractivity contribution in [2.45, 2.75) is 37.5 Å². The molecule has 3 aromatic rings. The average Bonchev–Trinajstić information content (AvgIpc) is 3.45. The van der Waals surface area contributed by atoms with Crippen LogP contribution < -0.4 is 23.7 Å². The smallest absolute Gasteiger partial charge is 0.137 e. The quantitative estimate of drug-likeness (QED) is 0.209. The summed E-state index contributed by atoms with van der Waals surface area (Å²) in [6.45, 7) is 2.28. The first-order valence-electron chi connectivity index (χ1n) is 14.2. The normalized spacial score (nSPS) is 19.7. The molecule has 4 atom stereocenters. The van der Waals surface area contributed by atoms with Gasteiger partial charge in [-0.15, -0.1) is 0 Å². The van der Waals surface area contributed by atoms with E-state index in [9.17, 15) is 0 Å². The molecule has 0 amide bonds. The highest BCUT2D eigenvalue weighted by atomic mass is 79.9. The molecule has 3 aromatic carbocycles. The van der Waals surface area contributed by atoms with Gasteiger partial charge in [0.05, 0.1) is 51.6 Å². The van der Waals surface area contributed by atoms with Gasteiger partial charge >= 0.3 is 0 Å². The Morgan fingerprint density at radius 2 is 1.35 bits per heavy atom. The van der Waals surface area contributed by atoms with Crippen LogP contribution in [0.15, 0.2) is 69.3 Å². The maximum absolute atomic E-state index is 6.13. The van der Waals surface area contributed by atoms with Crippen molar-refractivity contribution in [3.8, 4) is 28.7 Å². The molecule has 0 bridgehead atoms. The van der Waals surface area contributed by atoms with Gasteiger partial charge < -0.3 is 28.4 Å². The summed E-state index contributed by atoms with van der Waals surface area (Å²) in [5.74, 6) is 5.11. The van der Waals surface area contributed by atoms with E-state index in [1.165, 1.54) is 11.1 Å². The summed E-state index contributed by atoms with van der Waals surface area (Å²) in [7, 11) is 10.2. The Hall–Kier alpha value is -3.10. The van der Waals surface area contributed by atoms with Crippen LogP contribution in [0.3, 0.4) is 0 Å². The van der Waals surface area contributed by atoms with Crippen molar-refractivity contribution in [2.24, 2.45) is 5.92 Å². The molecular formula is C35H38Br2O6. The van der Waals surface area contributed by atoms with Gasteiger partial charge in [0, 0.05) is 29.2 Å². The standard InChI is InChI=1S/C35H38Br2O6/c1-19(20-8-12-22(38-2)13-9-20)30-26(40-4)17-29(43-7)35(37)33(30)32-24(21-10-14-23(39-3)15-11-21)16-25-31(32)27(41-5)18-28(42-6)34(25)36/h8,10-15,17-20,24,32H,9,16H2,1-7H3/t19-,20?,24?,32?/m1/s1. The van der Waals surface area contributed by atoms with E-state index in [1.807, 2.05) is 24.3 Å². The third-order valence-corrected chi connectivity index (χ3v) is 10.6. The predicted molar refractivity (Wildman–Crippen MR) is 177 cm³/mol. The molecule has 8 heteroatoms. The Morgan fingerprint density at radius 3 is 1.91 bits per heavy atom. The molecule has 6 nitrogen and oxygen atoms in total. The van der Waals surface area contributed by atoms with Crippen LogP contribution in [0.25, 0.3) is 0 Å². The summed E-state index contributed by atoms with van der Waals surface area (Å²) in [5.41, 5.74) is 5.77. The number of allylic oxidation sites excluding steroid dienone is 3. The van der Waals surface area contributed by atoms with Crippen LogP contribution >= 0.6 is 31.9 Å². The third kappa shape index (κ3) is 5.64. The Balaban J connectivity index is 1.81. The number of benzene rings is 3. The van der Waals surface area contributed by atoms with E-state index in [0.717, 1.165) is 73.0 Å². The summed E-state index contributed by atoms with van der Waals surface area (Å²) in [4.78, 5) is 0. The number of rotatable bonds is 10. The van der Waals surface area contributed by atoms with Crippen LogP contribution in [0.5, 0.6) is 28.7 Å². The number of hydrogen-bond acceptors (Lipinski definition) is 6. The topological polar surface area (TPSA) is 55.4 Å². The predicted octanol–water partition coefficient (Wildman–Crippen LogP) is 8.94. The van der Waals surface area contributed by atoms with Gasteiger partial charge in [0.2, 0.25) is 0 Å². The van der Waals surface area contributed by atoms with E-state index in [0.29, 0.717) is 0 Å². The first kappa shape index (κ1) is 31.3. The van der Waals surface area contributed by atoms with Crippen molar-refractivity contribution in [1.29, 1.82) is 0 Å². The molecule has 5 rings (SSSR count). The fourth-order valence-electron chi connectivity index (χ4n) is 6.67. The second-order valence-electron chi connectivity index (χ2n) is 10.8. The lowest BCUT2D eigenvalue weighted by Crippen LogP contribution is -2.18. The fourth-order valence-corrected chi connectivity index (χ4v) is 8.06. The highest BCUT2D eigenvalue weighted by molar-refractivity contribution is 9.11. The number of methoxy groups -OCH3 is 6. The van der Waals surface area contributed by atoms with Gasteiger partial charge in [-0.1, -0.05) is 25.1 Å². The summed E-state index contributed by atoms with van der Waals surface area (Å²) in [6.07, 6.45) is 8.11. The zero-order chi connectivity index (χ0) is 30.8. The summed E-state index contributed by atoms with van der Waals surface area (Å²) >= 11 is 7.91. The molecule has 0 spiro atoms. The SMILES string of the molecule is COC1=CCC([C@@H](C)c2c(OC)cc(OC)c(Br)c2C2c3c(OC)cc(OC)c(Br)c3CC2c2ccc(OC)cc2)C=C1. The van der Waals surface area contributed by atoms with Gasteiger partial charge in [0.1, 0.15) is 34.5 Å². The fraction of sp³-hybridized carbons (Fsp3) is 0.371. The minimum absolute atomic E-state index is 0.0826. The first-order chi connectivity index (χ1) is 20.8. The van der Waals surface area contributed by atoms with Crippen LogP contribution in [0.1, 0.15) is 58.9 Å². The van der Waals surface area contributed by atoms with E-state index in [4.69, 9.17) is 28.4 Å². The van der Waals surface area contributed by atoms with Gasteiger partial charge in [-0.05, 0) is 103 Å². The number of halogens is 2. The van der Waals surface area contributed by atoms with Crippen molar-refractivity contribution in [1.82, 2.24) is 0 Å². The van der Waals surface area contributed by atoms with E-state index < -0.39 is 0 Å². The molecule has 2 aliphatic rings. The van der Waals surface area contributed by atoms with Crippen molar-refractivity contribution in [3.63, 3.8) is 0 Å². The molecule has 0 saturated heterocycles. The zero-order valence-electron chi connectivity index (χ0n) is 25.6. The molecule has 0 fully saturated rings.